The van der Waals surface area contributed by atoms with E-state index < -0.39 is 0 Å². The number of pyridine rings is 1. The molecule has 5 nitrogen and oxygen atoms in total. The first-order valence-corrected chi connectivity index (χ1v) is 7.99. The molecule has 1 unspecified atom stereocenters. The number of amides is 1. The molecule has 2 N–H and O–H groups in total. The summed E-state index contributed by atoms with van der Waals surface area (Å²) >= 11 is 0. The Hall–Kier alpha value is -1.62. The van der Waals surface area contributed by atoms with Crippen LogP contribution in [0.25, 0.3) is 0 Å². The minimum atomic E-state index is 0.0229. The number of aromatic nitrogens is 1. The van der Waals surface area contributed by atoms with Gasteiger partial charge in [0, 0.05) is 25.3 Å². The van der Waals surface area contributed by atoms with Gasteiger partial charge in [-0.25, -0.2) is 0 Å². The van der Waals surface area contributed by atoms with Gasteiger partial charge in [-0.15, -0.1) is 0 Å². The highest BCUT2D eigenvalue weighted by molar-refractivity contribution is 5.99. The zero-order valence-corrected chi connectivity index (χ0v) is 12.6. The van der Waals surface area contributed by atoms with E-state index in [1.165, 1.54) is 25.9 Å². The summed E-state index contributed by atoms with van der Waals surface area (Å²) < 4.78 is 0. The van der Waals surface area contributed by atoms with Crippen LogP contribution in [0, 0.1) is 5.92 Å². The van der Waals surface area contributed by atoms with E-state index >= 15 is 0 Å². The van der Waals surface area contributed by atoms with E-state index in [2.05, 4.69) is 27.4 Å². The second-order valence-electron chi connectivity index (χ2n) is 6.07. The highest BCUT2D eigenvalue weighted by atomic mass is 16.1. The van der Waals surface area contributed by atoms with Crippen molar-refractivity contribution in [2.24, 2.45) is 5.92 Å². The molecular formula is C16H24N4O. The Morgan fingerprint density at radius 3 is 2.90 bits per heavy atom. The van der Waals surface area contributed by atoms with Crippen LogP contribution in [-0.4, -0.2) is 48.0 Å². The van der Waals surface area contributed by atoms with Gasteiger partial charge in [0.15, 0.2) is 0 Å². The summed E-state index contributed by atoms with van der Waals surface area (Å²) in [7, 11) is 0. The first-order valence-electron chi connectivity index (χ1n) is 7.99. The molecule has 1 amide bonds. The largest absolute Gasteiger partial charge is 0.383 e. The van der Waals surface area contributed by atoms with Crippen LogP contribution in [0.15, 0.2) is 18.5 Å². The van der Waals surface area contributed by atoms with Gasteiger partial charge in [0.25, 0.3) is 5.91 Å². The Labute approximate surface area is 126 Å². The molecule has 1 aromatic rings. The Bertz CT molecular complexity index is 497. The van der Waals surface area contributed by atoms with E-state index in [1.54, 1.807) is 18.5 Å². The first-order chi connectivity index (χ1) is 10.3. The summed E-state index contributed by atoms with van der Waals surface area (Å²) in [5.74, 6) is 0.669. The molecule has 5 heteroatoms. The highest BCUT2D eigenvalue weighted by Crippen LogP contribution is 2.28. The molecule has 0 aliphatic carbocycles. The van der Waals surface area contributed by atoms with Crippen molar-refractivity contribution in [3.8, 4) is 0 Å². The fourth-order valence-corrected chi connectivity index (χ4v) is 3.37. The van der Waals surface area contributed by atoms with Crippen LogP contribution in [0.5, 0.6) is 0 Å². The van der Waals surface area contributed by atoms with Crippen LogP contribution < -0.4 is 10.6 Å². The van der Waals surface area contributed by atoms with Gasteiger partial charge >= 0.3 is 0 Å². The third kappa shape index (κ3) is 3.18. The molecule has 3 aliphatic heterocycles. The predicted octanol–water partition coefficient (Wildman–Crippen LogP) is 1.73. The van der Waals surface area contributed by atoms with Gasteiger partial charge in [0.1, 0.15) is 0 Å². The van der Waals surface area contributed by atoms with Crippen LogP contribution >= 0.6 is 0 Å². The number of hydrogen-bond acceptors (Lipinski definition) is 4. The second-order valence-corrected chi connectivity index (χ2v) is 6.07. The monoisotopic (exact) mass is 288 g/mol. The van der Waals surface area contributed by atoms with Crippen LogP contribution in [0.1, 0.15) is 36.5 Å². The summed E-state index contributed by atoms with van der Waals surface area (Å²) in [6, 6.07) is 2.10. The molecule has 2 bridgehead atoms. The second kappa shape index (κ2) is 6.43. The number of rotatable bonds is 5. The number of carbonyl (C=O) groups excluding carboxylic acids is 1. The van der Waals surface area contributed by atoms with Crippen molar-refractivity contribution >= 4 is 11.6 Å². The lowest BCUT2D eigenvalue weighted by Crippen LogP contribution is -2.57. The van der Waals surface area contributed by atoms with Crippen molar-refractivity contribution in [2.45, 2.75) is 32.2 Å². The van der Waals surface area contributed by atoms with Gasteiger partial charge in [0.05, 0.1) is 17.4 Å². The molecule has 114 valence electrons. The first kappa shape index (κ1) is 14.3. The number of carbonyl (C=O) groups is 1. The van der Waals surface area contributed by atoms with E-state index in [9.17, 15) is 4.79 Å². The molecule has 0 saturated carbocycles. The molecule has 3 saturated heterocycles. The average molecular weight is 288 g/mol. The maximum Gasteiger partial charge on any atom is 0.253 e. The fraction of sp³-hybridized carbons (Fsp3) is 0.625. The molecule has 1 aromatic heterocycles. The molecule has 4 heterocycles. The lowest BCUT2D eigenvalue weighted by molar-refractivity contribution is 0.0621. The number of piperidine rings is 3. The van der Waals surface area contributed by atoms with Gasteiger partial charge in [-0.2, -0.15) is 0 Å². The molecule has 3 fully saturated rings. The van der Waals surface area contributed by atoms with E-state index in [4.69, 9.17) is 0 Å². The lowest BCUT2D eigenvalue weighted by atomic mass is 9.84. The number of nitrogens with zero attached hydrogens (tertiary/aromatic N) is 2. The van der Waals surface area contributed by atoms with E-state index in [-0.39, 0.29) is 5.91 Å². The predicted molar refractivity (Wildman–Crippen MR) is 83.4 cm³/mol. The average Bonchev–Trinajstić information content (AvgIpc) is 2.54. The Kier molecular flexibility index (Phi) is 4.39. The van der Waals surface area contributed by atoms with Gasteiger partial charge in [0.2, 0.25) is 0 Å². The maximum atomic E-state index is 12.6. The lowest BCUT2D eigenvalue weighted by Gasteiger charge is -2.44. The summed E-state index contributed by atoms with van der Waals surface area (Å²) in [4.78, 5) is 19.1. The SMILES string of the molecule is CCCNc1cnccc1C(=O)NC1CN2CCC1CC2. The van der Waals surface area contributed by atoms with E-state index in [1.807, 2.05) is 0 Å². The smallest absolute Gasteiger partial charge is 0.253 e. The van der Waals surface area contributed by atoms with Gasteiger partial charge in [-0.3, -0.25) is 9.78 Å². The number of hydrogen-bond donors (Lipinski definition) is 2. The molecule has 1 atom stereocenters. The minimum Gasteiger partial charge on any atom is -0.383 e. The standard InChI is InChI=1S/C16H24N4O/c1-2-6-18-14-10-17-7-3-13(14)16(21)19-15-11-20-8-4-12(15)5-9-20/h3,7,10,12,15,18H,2,4-6,8-9,11H2,1H3,(H,19,21). The highest BCUT2D eigenvalue weighted by Gasteiger charge is 2.35. The van der Waals surface area contributed by atoms with Crippen molar-refractivity contribution < 1.29 is 4.79 Å². The zero-order chi connectivity index (χ0) is 14.7. The fourth-order valence-electron chi connectivity index (χ4n) is 3.37. The van der Waals surface area contributed by atoms with Crippen LogP contribution in [0.2, 0.25) is 0 Å². The van der Waals surface area contributed by atoms with Crippen LogP contribution in [0.4, 0.5) is 5.69 Å². The topological polar surface area (TPSA) is 57.3 Å². The Morgan fingerprint density at radius 1 is 1.43 bits per heavy atom. The van der Waals surface area contributed by atoms with Crippen molar-refractivity contribution in [3.05, 3.63) is 24.0 Å². The van der Waals surface area contributed by atoms with Crippen molar-refractivity contribution in [1.29, 1.82) is 0 Å². The van der Waals surface area contributed by atoms with Crippen LogP contribution in [0.3, 0.4) is 0 Å². The van der Waals surface area contributed by atoms with Gasteiger partial charge < -0.3 is 15.5 Å². The van der Waals surface area contributed by atoms with Gasteiger partial charge in [-0.1, -0.05) is 6.92 Å². The molecule has 21 heavy (non-hydrogen) atoms. The van der Waals surface area contributed by atoms with Crippen molar-refractivity contribution in [3.63, 3.8) is 0 Å². The normalized spacial score (nSPS) is 27.4. The third-order valence-electron chi connectivity index (χ3n) is 4.60. The molecule has 3 aliphatic rings. The number of anilines is 1. The summed E-state index contributed by atoms with van der Waals surface area (Å²) in [5.41, 5.74) is 1.54. The molecular weight excluding hydrogens is 264 g/mol. The van der Waals surface area contributed by atoms with Crippen molar-refractivity contribution in [2.75, 3.05) is 31.5 Å². The maximum absolute atomic E-state index is 12.6. The summed E-state index contributed by atoms with van der Waals surface area (Å²) in [5, 5.41) is 6.52. The summed E-state index contributed by atoms with van der Waals surface area (Å²) in [6.07, 6.45) is 6.86. The van der Waals surface area contributed by atoms with Crippen LogP contribution in [-0.2, 0) is 0 Å². The van der Waals surface area contributed by atoms with E-state index in [0.29, 0.717) is 17.5 Å². The Balaban J connectivity index is 1.68. The van der Waals surface area contributed by atoms with Gasteiger partial charge in [-0.05, 0) is 44.3 Å². The molecule has 4 rings (SSSR count). The third-order valence-corrected chi connectivity index (χ3v) is 4.60. The molecule has 0 radical (unpaired) electrons. The molecule has 0 aromatic carbocycles. The summed E-state index contributed by atoms with van der Waals surface area (Å²) in [6.45, 7) is 6.34. The zero-order valence-electron chi connectivity index (χ0n) is 12.6. The quantitative estimate of drug-likeness (QED) is 0.866. The van der Waals surface area contributed by atoms with Crippen molar-refractivity contribution in [1.82, 2.24) is 15.2 Å². The molecule has 0 spiro atoms. The number of fused-ring (bicyclic) bond motifs is 3. The van der Waals surface area contributed by atoms with E-state index in [0.717, 1.165) is 25.2 Å². The Morgan fingerprint density at radius 2 is 2.24 bits per heavy atom. The number of nitrogens with one attached hydrogen (secondary N) is 2. The minimum absolute atomic E-state index is 0.0229.